The first kappa shape index (κ1) is 52.2. The molecule has 21 nitrogen and oxygen atoms in total. The van der Waals surface area contributed by atoms with E-state index in [-0.39, 0.29) is 81.0 Å². The first-order valence-electron chi connectivity index (χ1n) is 24.7. The zero-order valence-corrected chi connectivity index (χ0v) is 40.7. The van der Waals surface area contributed by atoms with Gasteiger partial charge in [0.25, 0.3) is 11.8 Å². The number of piperidine rings is 1. The first-order chi connectivity index (χ1) is 36.1. The Morgan fingerprint density at radius 1 is 0.784 bits per heavy atom. The van der Waals surface area contributed by atoms with Gasteiger partial charge in [-0.05, 0) is 48.7 Å². The molecule has 0 saturated carbocycles. The SMILES string of the molecule is O=C(CN1CCC(n2cc(-c3cnc4cccc(-c5cc(F)c(CN6CCOCC6)c(F)c5)c4n3)cn2)C1)NCCOCCOOCCOCCOCCNc1cccc2c1C(=O)N(C1CCC(=O)NC1=O)C2=O. The number of halogens is 2. The molecule has 392 valence electrons. The number of likely N-dealkylation sites (tertiary alicyclic amines) is 1. The van der Waals surface area contributed by atoms with Crippen LogP contribution < -0.4 is 16.0 Å². The lowest BCUT2D eigenvalue weighted by Crippen LogP contribution is -2.54. The predicted molar refractivity (Wildman–Crippen MR) is 261 cm³/mol. The van der Waals surface area contributed by atoms with Gasteiger partial charge in [-0.3, -0.25) is 53.7 Å². The van der Waals surface area contributed by atoms with E-state index in [2.05, 4.69) is 30.9 Å². The normalized spacial score (nSPS) is 18.4. The molecule has 4 aliphatic rings. The number of nitrogens with one attached hydrogen (secondary N) is 3. The third-order valence-electron chi connectivity index (χ3n) is 13.1. The van der Waals surface area contributed by atoms with Gasteiger partial charge in [0.05, 0.1) is 106 Å². The van der Waals surface area contributed by atoms with Crippen molar-refractivity contribution < 1.29 is 61.5 Å². The van der Waals surface area contributed by atoms with Crippen LogP contribution in [0, 0.1) is 11.6 Å². The van der Waals surface area contributed by atoms with Crippen LogP contribution in [0.4, 0.5) is 14.5 Å². The molecule has 23 heteroatoms. The Bertz CT molecular complexity index is 2810. The van der Waals surface area contributed by atoms with Crippen molar-refractivity contribution in [3.63, 3.8) is 0 Å². The van der Waals surface area contributed by atoms with Crippen LogP contribution in [0.2, 0.25) is 0 Å². The molecule has 3 aromatic carbocycles. The molecule has 2 unspecified atom stereocenters. The zero-order valence-electron chi connectivity index (χ0n) is 40.7. The average molecular weight is 1030 g/mol. The molecule has 0 bridgehead atoms. The lowest BCUT2D eigenvalue weighted by molar-refractivity contribution is -0.303. The Morgan fingerprint density at radius 2 is 1.50 bits per heavy atom. The van der Waals surface area contributed by atoms with Crippen molar-refractivity contribution in [2.75, 3.05) is 117 Å². The summed E-state index contributed by atoms with van der Waals surface area (Å²) in [5.74, 6) is -3.57. The van der Waals surface area contributed by atoms with E-state index in [4.69, 9.17) is 33.7 Å². The van der Waals surface area contributed by atoms with Gasteiger partial charge in [0.2, 0.25) is 17.7 Å². The van der Waals surface area contributed by atoms with Gasteiger partial charge < -0.3 is 29.6 Å². The molecule has 0 spiro atoms. The van der Waals surface area contributed by atoms with Crippen molar-refractivity contribution in [2.24, 2.45) is 0 Å². The Kier molecular flexibility index (Phi) is 17.6. The van der Waals surface area contributed by atoms with Gasteiger partial charge >= 0.3 is 0 Å². The number of amides is 5. The zero-order chi connectivity index (χ0) is 51.4. The molecule has 4 aliphatic heterocycles. The van der Waals surface area contributed by atoms with Gasteiger partial charge in [0, 0.05) is 80.8 Å². The highest BCUT2D eigenvalue weighted by Crippen LogP contribution is 2.34. The molecular formula is C51H58F2N10O11. The number of morpholine rings is 1. The average Bonchev–Trinajstić information content (AvgIpc) is 4.15. The molecule has 0 aliphatic carbocycles. The number of hydrogen-bond acceptors (Lipinski definition) is 17. The number of hydrogen-bond donors (Lipinski definition) is 3. The fraction of sp³-hybridized carbons (Fsp3) is 0.451. The second kappa shape index (κ2) is 25.0. The quantitative estimate of drug-likeness (QED) is 0.0330. The number of aromatic nitrogens is 4. The first-order valence-corrected chi connectivity index (χ1v) is 24.7. The lowest BCUT2D eigenvalue weighted by atomic mass is 10.0. The second-order valence-electron chi connectivity index (χ2n) is 18.1. The number of rotatable bonds is 25. The van der Waals surface area contributed by atoms with Gasteiger partial charge in [-0.25, -0.2) is 23.5 Å². The van der Waals surface area contributed by atoms with Crippen molar-refractivity contribution in [3.8, 4) is 22.4 Å². The van der Waals surface area contributed by atoms with Crippen LogP contribution in [0.5, 0.6) is 0 Å². The van der Waals surface area contributed by atoms with Crippen LogP contribution in [0.3, 0.4) is 0 Å². The van der Waals surface area contributed by atoms with Crippen LogP contribution in [-0.2, 0) is 49.7 Å². The summed E-state index contributed by atoms with van der Waals surface area (Å²) >= 11 is 0. The molecule has 2 atom stereocenters. The van der Waals surface area contributed by atoms with Crippen molar-refractivity contribution in [2.45, 2.75) is 37.9 Å². The summed E-state index contributed by atoms with van der Waals surface area (Å²) in [6.07, 6.45) is 6.23. The third kappa shape index (κ3) is 12.8. The number of benzene rings is 3. The van der Waals surface area contributed by atoms with Crippen LogP contribution in [0.25, 0.3) is 33.4 Å². The number of para-hydroxylation sites is 1. The van der Waals surface area contributed by atoms with E-state index in [1.165, 1.54) is 18.2 Å². The number of nitrogens with zero attached hydrogens (tertiary/aromatic N) is 7. The summed E-state index contributed by atoms with van der Waals surface area (Å²) in [5.41, 5.74) is 4.25. The Hall–Kier alpha value is -6.70. The highest BCUT2D eigenvalue weighted by atomic mass is 19.1. The lowest BCUT2D eigenvalue weighted by Gasteiger charge is -2.27. The summed E-state index contributed by atoms with van der Waals surface area (Å²) in [6, 6.07) is 12.0. The number of carbonyl (C=O) groups excluding carboxylic acids is 5. The van der Waals surface area contributed by atoms with E-state index in [0.29, 0.717) is 106 Å². The molecule has 5 aromatic rings. The van der Waals surface area contributed by atoms with Gasteiger partial charge in [-0.1, -0.05) is 18.2 Å². The van der Waals surface area contributed by atoms with Crippen molar-refractivity contribution >= 4 is 46.3 Å². The maximum absolute atomic E-state index is 15.4. The summed E-state index contributed by atoms with van der Waals surface area (Å²) in [5, 5.41) is 12.8. The summed E-state index contributed by atoms with van der Waals surface area (Å²) in [7, 11) is 0. The highest BCUT2D eigenvalue weighted by Gasteiger charge is 2.45. The Morgan fingerprint density at radius 3 is 2.27 bits per heavy atom. The topological polar surface area (TPSA) is 230 Å². The minimum Gasteiger partial charge on any atom is -0.382 e. The van der Waals surface area contributed by atoms with E-state index in [1.807, 2.05) is 21.8 Å². The van der Waals surface area contributed by atoms with Crippen molar-refractivity contribution in [1.82, 2.24) is 45.1 Å². The maximum atomic E-state index is 15.4. The van der Waals surface area contributed by atoms with Gasteiger partial charge in [-0.15, -0.1) is 0 Å². The monoisotopic (exact) mass is 1020 g/mol. The smallest absolute Gasteiger partial charge is 0.264 e. The molecular weight excluding hydrogens is 967 g/mol. The van der Waals surface area contributed by atoms with Crippen molar-refractivity contribution in [3.05, 3.63) is 95.4 Å². The molecule has 0 radical (unpaired) electrons. The van der Waals surface area contributed by atoms with Crippen molar-refractivity contribution in [1.29, 1.82) is 0 Å². The molecule has 5 amide bonds. The number of fused-ring (bicyclic) bond motifs is 2. The van der Waals surface area contributed by atoms with Crippen LogP contribution in [0.1, 0.15) is 51.6 Å². The standard InChI is InChI=1S/C51H58F2N10O11/c52-39-25-33(26-40(53)38(39)31-60-13-17-71-18-14-60)36-3-1-6-42-48(36)58-43(28-56-42)34-27-57-62(29-34)35-9-12-61(30-35)32-46(65)55-11-16-70-21-23-73-74-24-22-72-20-19-69-15-10-54-41-5-2-4-37-47(41)51(68)63(50(37)67)44-7-8-45(64)59-49(44)66/h1-6,25-29,35,44,54H,7-24,30-32H2,(H,55,65)(H,59,64,66). The van der Waals surface area contributed by atoms with E-state index in [0.717, 1.165) is 23.4 Å². The maximum Gasteiger partial charge on any atom is 0.264 e. The van der Waals surface area contributed by atoms with Gasteiger partial charge in [0.15, 0.2) is 0 Å². The predicted octanol–water partition coefficient (Wildman–Crippen LogP) is 3.15. The molecule has 74 heavy (non-hydrogen) atoms. The summed E-state index contributed by atoms with van der Waals surface area (Å²) in [4.78, 5) is 87.7. The molecule has 9 rings (SSSR count). The molecule has 3 saturated heterocycles. The van der Waals surface area contributed by atoms with E-state index < -0.39 is 41.3 Å². The number of carbonyl (C=O) groups is 5. The van der Waals surface area contributed by atoms with E-state index in [9.17, 15) is 24.0 Å². The Labute approximate surface area is 424 Å². The fourth-order valence-electron chi connectivity index (χ4n) is 9.31. The third-order valence-corrected chi connectivity index (χ3v) is 13.1. The highest BCUT2D eigenvalue weighted by molar-refractivity contribution is 6.25. The molecule has 6 heterocycles. The molecule has 3 N–H and O–H groups in total. The summed E-state index contributed by atoms with van der Waals surface area (Å²) in [6.45, 7) is 6.90. The van der Waals surface area contributed by atoms with Crippen LogP contribution >= 0.6 is 0 Å². The Balaban J connectivity index is 0.601. The number of ether oxygens (including phenoxy) is 4. The van der Waals surface area contributed by atoms with Crippen LogP contribution in [-0.4, -0.2) is 182 Å². The summed E-state index contributed by atoms with van der Waals surface area (Å²) < 4.78 is 54.7. The second-order valence-corrected chi connectivity index (χ2v) is 18.1. The van der Waals surface area contributed by atoms with Crippen LogP contribution in [0.15, 0.2) is 67.1 Å². The number of anilines is 1. The van der Waals surface area contributed by atoms with E-state index >= 15 is 8.78 Å². The minimum absolute atomic E-state index is 0.0334. The van der Waals surface area contributed by atoms with Gasteiger partial charge in [0.1, 0.15) is 30.9 Å². The largest absolute Gasteiger partial charge is 0.382 e. The van der Waals surface area contributed by atoms with E-state index in [1.54, 1.807) is 36.7 Å². The molecule has 3 fully saturated rings. The molecule has 2 aromatic heterocycles. The van der Waals surface area contributed by atoms with Gasteiger partial charge in [-0.2, -0.15) is 5.10 Å². The minimum atomic E-state index is -1.04. The number of imide groups is 2. The fourth-order valence-corrected chi connectivity index (χ4v) is 9.31.